The first-order valence-electron chi connectivity index (χ1n) is 7.36. The number of alkyl halides is 2. The number of amides is 1. The van der Waals surface area contributed by atoms with Crippen LogP contribution in [0.4, 0.5) is 18.0 Å². The molecule has 1 aromatic rings. The second kappa shape index (κ2) is 6.17. The summed E-state index contributed by atoms with van der Waals surface area (Å²) in [6, 6.07) is 3.27. The van der Waals surface area contributed by atoms with Crippen molar-refractivity contribution in [3.63, 3.8) is 0 Å². The van der Waals surface area contributed by atoms with Gasteiger partial charge in [0.05, 0.1) is 0 Å². The molecule has 1 amide bonds. The molecule has 2 aliphatic heterocycles. The molecule has 1 aromatic carbocycles. The van der Waals surface area contributed by atoms with E-state index in [1.807, 2.05) is 0 Å². The number of fused-ring (bicyclic) bond motifs is 2. The molecule has 0 spiro atoms. The molecule has 2 fully saturated rings. The van der Waals surface area contributed by atoms with Crippen molar-refractivity contribution < 1.29 is 32.5 Å². The monoisotopic (exact) mass is 331 g/mol. The van der Waals surface area contributed by atoms with Gasteiger partial charge in [0.25, 0.3) is 0 Å². The Balaban J connectivity index is 1.68. The molecular weight excluding hydrogens is 315 g/mol. The molecular formula is C15H16F3NO4. The average Bonchev–Trinajstić information content (AvgIpc) is 2.74. The summed E-state index contributed by atoms with van der Waals surface area (Å²) in [4.78, 5) is 12.7. The van der Waals surface area contributed by atoms with Crippen LogP contribution in [0.1, 0.15) is 25.7 Å². The Hall–Kier alpha value is -2.12. The Morgan fingerprint density at radius 2 is 1.91 bits per heavy atom. The van der Waals surface area contributed by atoms with Crippen LogP contribution in [0.25, 0.3) is 0 Å². The van der Waals surface area contributed by atoms with E-state index < -0.39 is 24.3 Å². The van der Waals surface area contributed by atoms with Gasteiger partial charge in [0.15, 0.2) is 11.6 Å². The fourth-order valence-corrected chi connectivity index (χ4v) is 3.47. The topological polar surface area (TPSA) is 59.0 Å². The minimum absolute atomic E-state index is 0.0894. The molecule has 2 heterocycles. The molecule has 1 N–H and O–H groups in total. The van der Waals surface area contributed by atoms with Gasteiger partial charge < -0.3 is 19.5 Å². The molecule has 8 heteroatoms. The third-order valence-electron chi connectivity index (χ3n) is 4.33. The number of carboxylic acid groups (broad SMARTS) is 1. The molecule has 23 heavy (non-hydrogen) atoms. The molecule has 5 nitrogen and oxygen atoms in total. The Morgan fingerprint density at radius 3 is 2.48 bits per heavy atom. The van der Waals surface area contributed by atoms with Crippen molar-refractivity contribution in [2.24, 2.45) is 0 Å². The second-order valence-corrected chi connectivity index (χ2v) is 5.76. The molecule has 0 aliphatic carbocycles. The van der Waals surface area contributed by atoms with Crippen LogP contribution < -0.4 is 9.47 Å². The van der Waals surface area contributed by atoms with E-state index in [1.165, 1.54) is 11.0 Å². The van der Waals surface area contributed by atoms with Crippen molar-refractivity contribution in [1.29, 1.82) is 0 Å². The predicted molar refractivity (Wildman–Crippen MR) is 73.4 cm³/mol. The molecule has 1 unspecified atom stereocenters. The van der Waals surface area contributed by atoms with Crippen LogP contribution in [0.3, 0.4) is 0 Å². The van der Waals surface area contributed by atoms with Crippen LogP contribution in [-0.4, -0.2) is 40.9 Å². The van der Waals surface area contributed by atoms with E-state index in [1.54, 1.807) is 0 Å². The summed E-state index contributed by atoms with van der Waals surface area (Å²) < 4.78 is 47.7. The standard InChI is InChI=1S/C15H16F3NO4/c16-12-4-3-10(7-13(12)23-14(17)18)22-11-5-8-1-2-9(6-11)19(8)15(20)21/h3-4,7-9,11,14H,1-2,5-6H2,(H,20,21)/t8-,9+,11?. The number of halogens is 3. The highest BCUT2D eigenvalue weighted by Gasteiger charge is 2.44. The predicted octanol–water partition coefficient (Wildman–Crippen LogP) is 3.48. The van der Waals surface area contributed by atoms with Crippen molar-refractivity contribution in [3.8, 4) is 11.5 Å². The highest BCUT2D eigenvalue weighted by Crippen LogP contribution is 2.37. The Morgan fingerprint density at radius 1 is 1.26 bits per heavy atom. The lowest BCUT2D eigenvalue weighted by atomic mass is 10.0. The van der Waals surface area contributed by atoms with E-state index in [4.69, 9.17) is 4.74 Å². The summed E-state index contributed by atoms with van der Waals surface area (Å²) in [5, 5.41) is 9.20. The number of piperidine rings is 1. The highest BCUT2D eigenvalue weighted by atomic mass is 19.3. The van der Waals surface area contributed by atoms with Gasteiger partial charge in [0.2, 0.25) is 0 Å². The molecule has 2 bridgehead atoms. The first kappa shape index (κ1) is 15.8. The maximum atomic E-state index is 13.4. The minimum Gasteiger partial charge on any atom is -0.490 e. The number of benzene rings is 1. The second-order valence-electron chi connectivity index (χ2n) is 5.76. The van der Waals surface area contributed by atoms with Gasteiger partial charge in [-0.3, -0.25) is 0 Å². The molecule has 0 aromatic heterocycles. The first-order valence-corrected chi connectivity index (χ1v) is 7.36. The lowest BCUT2D eigenvalue weighted by Gasteiger charge is -2.37. The van der Waals surface area contributed by atoms with Crippen LogP contribution in [0.15, 0.2) is 18.2 Å². The van der Waals surface area contributed by atoms with Gasteiger partial charge in [0, 0.05) is 31.0 Å². The van der Waals surface area contributed by atoms with Crippen molar-refractivity contribution in [1.82, 2.24) is 4.90 Å². The van der Waals surface area contributed by atoms with E-state index in [0.29, 0.717) is 12.8 Å². The summed E-state index contributed by atoms with van der Waals surface area (Å²) in [5.74, 6) is -1.22. The number of ether oxygens (including phenoxy) is 2. The fraction of sp³-hybridized carbons (Fsp3) is 0.533. The van der Waals surface area contributed by atoms with Gasteiger partial charge in [0.1, 0.15) is 11.9 Å². The van der Waals surface area contributed by atoms with Crippen molar-refractivity contribution in [2.75, 3.05) is 0 Å². The molecule has 2 aliphatic rings. The van der Waals surface area contributed by atoms with Gasteiger partial charge >= 0.3 is 12.7 Å². The maximum absolute atomic E-state index is 13.4. The van der Waals surface area contributed by atoms with Gasteiger partial charge in [-0.15, -0.1) is 0 Å². The summed E-state index contributed by atoms with van der Waals surface area (Å²) >= 11 is 0. The maximum Gasteiger partial charge on any atom is 0.407 e. The van der Waals surface area contributed by atoms with Gasteiger partial charge in [-0.25, -0.2) is 9.18 Å². The zero-order chi connectivity index (χ0) is 16.6. The minimum atomic E-state index is -3.12. The summed E-state index contributed by atoms with van der Waals surface area (Å²) in [7, 11) is 0. The molecule has 126 valence electrons. The van der Waals surface area contributed by atoms with E-state index in [2.05, 4.69) is 4.74 Å². The normalized spacial score (nSPS) is 26.4. The molecule has 3 atom stereocenters. The number of nitrogens with zero attached hydrogens (tertiary/aromatic N) is 1. The van der Waals surface area contributed by atoms with Gasteiger partial charge in [-0.1, -0.05) is 0 Å². The van der Waals surface area contributed by atoms with E-state index in [-0.39, 0.29) is 23.9 Å². The number of hydrogen-bond donors (Lipinski definition) is 1. The number of rotatable bonds is 4. The van der Waals surface area contributed by atoms with E-state index >= 15 is 0 Å². The average molecular weight is 331 g/mol. The largest absolute Gasteiger partial charge is 0.490 e. The van der Waals surface area contributed by atoms with Crippen LogP contribution in [0, 0.1) is 5.82 Å². The fourth-order valence-electron chi connectivity index (χ4n) is 3.47. The third-order valence-corrected chi connectivity index (χ3v) is 4.33. The van der Waals surface area contributed by atoms with Gasteiger partial charge in [-0.05, 0) is 25.0 Å². The quantitative estimate of drug-likeness (QED) is 0.918. The van der Waals surface area contributed by atoms with Crippen LogP contribution in [-0.2, 0) is 0 Å². The molecule has 3 rings (SSSR count). The molecule has 0 radical (unpaired) electrons. The first-order chi connectivity index (χ1) is 10.9. The van der Waals surface area contributed by atoms with Gasteiger partial charge in [-0.2, -0.15) is 8.78 Å². The van der Waals surface area contributed by atoms with Crippen molar-refractivity contribution in [3.05, 3.63) is 24.0 Å². The molecule has 2 saturated heterocycles. The van der Waals surface area contributed by atoms with Crippen molar-refractivity contribution in [2.45, 2.75) is 50.5 Å². The van der Waals surface area contributed by atoms with Crippen molar-refractivity contribution >= 4 is 6.09 Å². The highest BCUT2D eigenvalue weighted by molar-refractivity contribution is 5.66. The SMILES string of the molecule is O=C(O)N1[C@@H]2CC[C@H]1CC(Oc1ccc(F)c(OC(F)F)c1)C2. The summed E-state index contributed by atoms with van der Waals surface area (Å²) in [6.45, 7) is -3.12. The smallest absolute Gasteiger partial charge is 0.407 e. The zero-order valence-corrected chi connectivity index (χ0v) is 12.1. The number of carbonyl (C=O) groups is 1. The van der Waals surface area contributed by atoms with Crippen LogP contribution >= 0.6 is 0 Å². The number of hydrogen-bond acceptors (Lipinski definition) is 3. The Kier molecular flexibility index (Phi) is 4.23. The van der Waals surface area contributed by atoms with Crippen LogP contribution in [0.2, 0.25) is 0 Å². The van der Waals surface area contributed by atoms with E-state index in [9.17, 15) is 23.1 Å². The van der Waals surface area contributed by atoms with E-state index in [0.717, 1.165) is 25.0 Å². The Bertz CT molecular complexity index is 584. The summed E-state index contributed by atoms with van der Waals surface area (Å²) in [5.41, 5.74) is 0. The lowest BCUT2D eigenvalue weighted by Crippen LogP contribution is -2.48. The zero-order valence-electron chi connectivity index (χ0n) is 12.1. The third kappa shape index (κ3) is 3.30. The van der Waals surface area contributed by atoms with Crippen LogP contribution in [0.5, 0.6) is 11.5 Å². The lowest BCUT2D eigenvalue weighted by molar-refractivity contribution is -0.0523. The summed E-state index contributed by atoms with van der Waals surface area (Å²) in [6.07, 6.45) is 1.49. The molecule has 0 saturated carbocycles. The Labute approximate surface area is 130 Å².